The maximum Gasteiger partial charge on any atom is 0.0345 e. The first-order valence-corrected chi connectivity index (χ1v) is 5.39. The van der Waals surface area contributed by atoms with Gasteiger partial charge >= 0.3 is 0 Å². The van der Waals surface area contributed by atoms with Crippen LogP contribution in [0.5, 0.6) is 0 Å². The number of fused-ring (bicyclic) bond motifs is 1. The summed E-state index contributed by atoms with van der Waals surface area (Å²) in [5, 5.41) is 1.36. The summed E-state index contributed by atoms with van der Waals surface area (Å²) < 4.78 is 1.38. The summed E-state index contributed by atoms with van der Waals surface area (Å²) in [6.45, 7) is 0.786. The van der Waals surface area contributed by atoms with Gasteiger partial charge in [0.15, 0.2) is 0 Å². The summed E-state index contributed by atoms with van der Waals surface area (Å²) in [7, 11) is 0. The van der Waals surface area contributed by atoms with Gasteiger partial charge in [-0.2, -0.15) is 0 Å². The first kappa shape index (κ1) is 8.73. The fraction of sp³-hybridized carbons (Fsp3) is 0.273. The van der Waals surface area contributed by atoms with E-state index in [4.69, 9.17) is 5.73 Å². The second-order valence-corrected chi connectivity index (χ2v) is 4.31. The Labute approximate surface area is 82.2 Å². The lowest BCUT2D eigenvalue weighted by Crippen LogP contribution is -1.99. The van der Waals surface area contributed by atoms with Gasteiger partial charge in [-0.15, -0.1) is 11.3 Å². The van der Waals surface area contributed by atoms with Gasteiger partial charge in [-0.25, -0.2) is 0 Å². The Balaban J connectivity index is 2.28. The van der Waals surface area contributed by atoms with E-state index >= 15 is 0 Å². The molecular formula is C11H13NS. The number of hydrogen-bond acceptors (Lipinski definition) is 2. The lowest BCUT2D eigenvalue weighted by Gasteiger charge is -1.91. The van der Waals surface area contributed by atoms with Crippen LogP contribution in [0.1, 0.15) is 11.3 Å². The van der Waals surface area contributed by atoms with Crippen LogP contribution >= 0.6 is 11.3 Å². The molecule has 2 rings (SSSR count). The van der Waals surface area contributed by atoms with Crippen molar-refractivity contribution in [2.45, 2.75) is 12.8 Å². The van der Waals surface area contributed by atoms with Gasteiger partial charge in [-0.3, -0.25) is 0 Å². The Bertz CT molecular complexity index is 359. The van der Waals surface area contributed by atoms with E-state index in [1.54, 1.807) is 0 Å². The Morgan fingerprint density at radius 3 is 2.85 bits per heavy atom. The maximum absolute atomic E-state index is 5.48. The minimum Gasteiger partial charge on any atom is -0.330 e. The smallest absolute Gasteiger partial charge is 0.0345 e. The number of rotatable bonds is 3. The largest absolute Gasteiger partial charge is 0.330 e. The fourth-order valence-corrected chi connectivity index (χ4v) is 2.54. The molecule has 0 aliphatic rings. The zero-order valence-electron chi connectivity index (χ0n) is 7.49. The van der Waals surface area contributed by atoms with Gasteiger partial charge < -0.3 is 5.73 Å². The van der Waals surface area contributed by atoms with Gasteiger partial charge in [0.25, 0.3) is 0 Å². The molecule has 1 aromatic heterocycles. The molecule has 0 unspecified atom stereocenters. The third-order valence-corrected chi connectivity index (χ3v) is 3.28. The molecule has 13 heavy (non-hydrogen) atoms. The zero-order valence-corrected chi connectivity index (χ0v) is 8.31. The van der Waals surface area contributed by atoms with Gasteiger partial charge in [-0.1, -0.05) is 18.2 Å². The molecule has 0 spiro atoms. The number of nitrogens with two attached hydrogens (primary N) is 1. The molecule has 0 bridgehead atoms. The van der Waals surface area contributed by atoms with Crippen LogP contribution in [0.15, 0.2) is 30.3 Å². The highest BCUT2D eigenvalue weighted by Crippen LogP contribution is 2.25. The average Bonchev–Trinajstić information content (AvgIpc) is 2.57. The van der Waals surface area contributed by atoms with Crippen molar-refractivity contribution in [2.24, 2.45) is 5.73 Å². The molecule has 68 valence electrons. The molecule has 0 saturated carbocycles. The lowest BCUT2D eigenvalue weighted by molar-refractivity contribution is 0.843. The molecule has 0 amide bonds. The molecule has 0 fully saturated rings. The molecule has 1 nitrogen and oxygen atoms in total. The predicted molar refractivity (Wildman–Crippen MR) is 59.2 cm³/mol. The van der Waals surface area contributed by atoms with Gasteiger partial charge in [-0.05, 0) is 36.9 Å². The molecular weight excluding hydrogens is 178 g/mol. The van der Waals surface area contributed by atoms with E-state index in [2.05, 4.69) is 30.3 Å². The highest BCUT2D eigenvalue weighted by molar-refractivity contribution is 7.19. The maximum atomic E-state index is 5.48. The van der Waals surface area contributed by atoms with Crippen molar-refractivity contribution < 1.29 is 0 Å². The lowest BCUT2D eigenvalue weighted by atomic mass is 10.2. The van der Waals surface area contributed by atoms with Crippen molar-refractivity contribution in [3.05, 3.63) is 35.2 Å². The normalized spacial score (nSPS) is 10.8. The third-order valence-electron chi connectivity index (χ3n) is 2.10. The number of thiophene rings is 1. The summed E-state index contributed by atoms with van der Waals surface area (Å²) in [4.78, 5) is 1.45. The number of benzene rings is 1. The van der Waals surface area contributed by atoms with Crippen LogP contribution < -0.4 is 5.73 Å². The monoisotopic (exact) mass is 191 g/mol. The van der Waals surface area contributed by atoms with Crippen molar-refractivity contribution in [3.63, 3.8) is 0 Å². The SMILES string of the molecule is NCCCc1cc2ccccc2s1. The van der Waals surface area contributed by atoms with Gasteiger partial charge in [0, 0.05) is 9.58 Å². The van der Waals surface area contributed by atoms with Gasteiger partial charge in [0.2, 0.25) is 0 Å². The van der Waals surface area contributed by atoms with Crippen LogP contribution in [0, 0.1) is 0 Å². The molecule has 1 heterocycles. The summed E-state index contributed by atoms with van der Waals surface area (Å²) >= 11 is 1.88. The van der Waals surface area contributed by atoms with Crippen LogP contribution in [0.2, 0.25) is 0 Å². The van der Waals surface area contributed by atoms with Crippen molar-refractivity contribution in [2.75, 3.05) is 6.54 Å². The highest BCUT2D eigenvalue weighted by atomic mass is 32.1. The average molecular weight is 191 g/mol. The zero-order chi connectivity index (χ0) is 9.10. The van der Waals surface area contributed by atoms with E-state index in [1.165, 1.54) is 15.0 Å². The molecule has 0 aliphatic carbocycles. The quantitative estimate of drug-likeness (QED) is 0.793. The number of hydrogen-bond donors (Lipinski definition) is 1. The van der Waals surface area contributed by atoms with Crippen LogP contribution in [-0.4, -0.2) is 6.54 Å². The Morgan fingerprint density at radius 2 is 2.08 bits per heavy atom. The van der Waals surface area contributed by atoms with E-state index in [-0.39, 0.29) is 0 Å². The van der Waals surface area contributed by atoms with Crippen LogP contribution in [0.25, 0.3) is 10.1 Å². The Hall–Kier alpha value is -0.860. The van der Waals surface area contributed by atoms with Crippen molar-refractivity contribution in [3.8, 4) is 0 Å². The molecule has 0 saturated heterocycles. The van der Waals surface area contributed by atoms with E-state index in [0.29, 0.717) is 0 Å². The summed E-state index contributed by atoms with van der Waals surface area (Å²) in [5.41, 5.74) is 5.48. The van der Waals surface area contributed by atoms with Crippen molar-refractivity contribution in [1.82, 2.24) is 0 Å². The molecule has 2 N–H and O–H groups in total. The van der Waals surface area contributed by atoms with Gasteiger partial charge in [0.05, 0.1) is 0 Å². The first-order chi connectivity index (χ1) is 6.40. The molecule has 0 atom stereocenters. The summed E-state index contributed by atoms with van der Waals surface area (Å²) in [6.07, 6.45) is 2.21. The molecule has 2 heteroatoms. The topological polar surface area (TPSA) is 26.0 Å². The first-order valence-electron chi connectivity index (χ1n) is 4.57. The Morgan fingerprint density at radius 1 is 1.23 bits per heavy atom. The molecule has 1 aromatic carbocycles. The third kappa shape index (κ3) is 1.90. The Kier molecular flexibility index (Phi) is 2.62. The van der Waals surface area contributed by atoms with E-state index < -0.39 is 0 Å². The standard InChI is InChI=1S/C11H13NS/c12-7-3-5-10-8-9-4-1-2-6-11(9)13-10/h1-2,4,6,8H,3,5,7,12H2. The van der Waals surface area contributed by atoms with E-state index in [1.807, 2.05) is 11.3 Å². The van der Waals surface area contributed by atoms with E-state index in [0.717, 1.165) is 19.4 Å². The predicted octanol–water partition coefficient (Wildman–Crippen LogP) is 2.79. The minimum atomic E-state index is 0.786. The van der Waals surface area contributed by atoms with E-state index in [9.17, 15) is 0 Å². The van der Waals surface area contributed by atoms with Crippen molar-refractivity contribution >= 4 is 21.4 Å². The number of aryl methyl sites for hydroxylation is 1. The molecule has 2 aromatic rings. The fourth-order valence-electron chi connectivity index (χ4n) is 1.44. The van der Waals surface area contributed by atoms with Crippen LogP contribution in [0.4, 0.5) is 0 Å². The molecule has 0 radical (unpaired) electrons. The second kappa shape index (κ2) is 3.90. The molecule has 0 aliphatic heterocycles. The van der Waals surface area contributed by atoms with Crippen LogP contribution in [0.3, 0.4) is 0 Å². The highest BCUT2D eigenvalue weighted by Gasteiger charge is 1.99. The van der Waals surface area contributed by atoms with Gasteiger partial charge in [0.1, 0.15) is 0 Å². The summed E-state index contributed by atoms with van der Waals surface area (Å²) in [5.74, 6) is 0. The van der Waals surface area contributed by atoms with Crippen LogP contribution in [-0.2, 0) is 6.42 Å². The van der Waals surface area contributed by atoms with Crippen molar-refractivity contribution in [1.29, 1.82) is 0 Å². The minimum absolute atomic E-state index is 0.786. The second-order valence-electron chi connectivity index (χ2n) is 3.14. The summed E-state index contributed by atoms with van der Waals surface area (Å²) in [6, 6.07) is 10.8.